The molecular formula is C16H27N3O2. The minimum atomic E-state index is -0.304. The molecule has 0 spiro atoms. The zero-order valence-electron chi connectivity index (χ0n) is 13.8. The molecule has 118 valence electrons. The highest BCUT2D eigenvalue weighted by molar-refractivity contribution is 6.00. The Hall–Kier alpha value is -1.36. The van der Waals surface area contributed by atoms with Gasteiger partial charge >= 0.3 is 0 Å². The molecule has 0 aromatic carbocycles. The summed E-state index contributed by atoms with van der Waals surface area (Å²) in [5, 5.41) is 7.79. The fraction of sp³-hybridized carbons (Fsp3) is 0.750. The summed E-state index contributed by atoms with van der Waals surface area (Å²) in [7, 11) is 2.03. The van der Waals surface area contributed by atoms with E-state index in [1.54, 1.807) is 0 Å². The molecule has 0 unspecified atom stereocenters. The smallest absolute Gasteiger partial charge is 0.181 e. The molecule has 0 atom stereocenters. The van der Waals surface area contributed by atoms with E-state index in [0.29, 0.717) is 12.0 Å². The van der Waals surface area contributed by atoms with Crippen molar-refractivity contribution >= 4 is 5.71 Å². The third-order valence-corrected chi connectivity index (χ3v) is 3.92. The summed E-state index contributed by atoms with van der Waals surface area (Å²) in [5.74, 6) is 1.15. The maximum absolute atomic E-state index is 5.66. The van der Waals surface area contributed by atoms with Gasteiger partial charge in [-0.1, -0.05) is 5.16 Å². The van der Waals surface area contributed by atoms with E-state index in [0.717, 1.165) is 42.8 Å². The van der Waals surface area contributed by atoms with Crippen LogP contribution in [0.25, 0.3) is 0 Å². The largest absolute Gasteiger partial charge is 0.442 e. The van der Waals surface area contributed by atoms with Crippen molar-refractivity contribution in [1.29, 1.82) is 0 Å². The van der Waals surface area contributed by atoms with Crippen molar-refractivity contribution in [1.82, 2.24) is 10.3 Å². The van der Waals surface area contributed by atoms with E-state index in [9.17, 15) is 0 Å². The lowest BCUT2D eigenvalue weighted by Gasteiger charge is -2.28. The number of aryl methyl sites for hydroxylation is 1. The van der Waals surface area contributed by atoms with Crippen LogP contribution < -0.4 is 5.32 Å². The van der Waals surface area contributed by atoms with Crippen molar-refractivity contribution in [2.75, 3.05) is 7.05 Å². The predicted molar refractivity (Wildman–Crippen MR) is 83.4 cm³/mol. The van der Waals surface area contributed by atoms with E-state index in [1.165, 1.54) is 6.39 Å². The van der Waals surface area contributed by atoms with Gasteiger partial charge in [-0.05, 0) is 60.4 Å². The van der Waals surface area contributed by atoms with Crippen molar-refractivity contribution in [2.24, 2.45) is 11.1 Å². The molecule has 2 rings (SSSR count). The Balaban J connectivity index is 2.19. The summed E-state index contributed by atoms with van der Waals surface area (Å²) in [6, 6.07) is 0.613. The van der Waals surface area contributed by atoms with E-state index in [2.05, 4.69) is 15.5 Å². The number of oxime groups is 1. The normalized spacial score (nSPS) is 24.1. The molecule has 0 aliphatic heterocycles. The fourth-order valence-corrected chi connectivity index (χ4v) is 2.69. The van der Waals surface area contributed by atoms with Crippen LogP contribution in [-0.2, 0) is 4.84 Å². The maximum atomic E-state index is 5.66. The molecule has 0 radical (unpaired) electrons. The van der Waals surface area contributed by atoms with Gasteiger partial charge in [0.25, 0.3) is 0 Å². The minimum Gasteiger partial charge on any atom is -0.442 e. The van der Waals surface area contributed by atoms with Crippen molar-refractivity contribution in [3.05, 3.63) is 17.8 Å². The standard InChI is InChI=1S/C16H27N3O2/c1-11-15(20-10-18-11)14(19-21-16(2,3)4)12-6-8-13(17-5)9-7-12/h10,12-13,17H,6-9H2,1-5H3. The van der Waals surface area contributed by atoms with Crippen LogP contribution in [0, 0.1) is 12.8 Å². The van der Waals surface area contributed by atoms with Crippen LogP contribution in [-0.4, -0.2) is 29.4 Å². The molecule has 1 heterocycles. The summed E-state index contributed by atoms with van der Waals surface area (Å²) in [4.78, 5) is 9.85. The number of nitrogens with zero attached hydrogens (tertiary/aromatic N) is 2. The molecule has 5 nitrogen and oxygen atoms in total. The fourth-order valence-electron chi connectivity index (χ4n) is 2.69. The quantitative estimate of drug-likeness (QED) is 0.683. The topological polar surface area (TPSA) is 59.7 Å². The molecule has 0 bridgehead atoms. The second kappa shape index (κ2) is 6.60. The average molecular weight is 293 g/mol. The molecular weight excluding hydrogens is 266 g/mol. The van der Waals surface area contributed by atoms with Gasteiger partial charge in [-0.3, -0.25) is 0 Å². The lowest BCUT2D eigenvalue weighted by molar-refractivity contribution is -0.000269. The van der Waals surface area contributed by atoms with Crippen molar-refractivity contribution in [3.63, 3.8) is 0 Å². The zero-order chi connectivity index (χ0) is 15.5. The Morgan fingerprint density at radius 2 is 2.00 bits per heavy atom. The van der Waals surface area contributed by atoms with Crippen LogP contribution >= 0.6 is 0 Å². The van der Waals surface area contributed by atoms with Gasteiger partial charge in [-0.25, -0.2) is 4.98 Å². The second-order valence-electron chi connectivity index (χ2n) is 6.78. The first-order valence-corrected chi connectivity index (χ1v) is 7.74. The monoisotopic (exact) mass is 293 g/mol. The lowest BCUT2D eigenvalue weighted by Crippen LogP contribution is -2.33. The van der Waals surface area contributed by atoms with Gasteiger partial charge in [-0.2, -0.15) is 0 Å². The molecule has 1 aromatic rings. The number of hydrogen-bond donors (Lipinski definition) is 1. The first-order valence-electron chi connectivity index (χ1n) is 7.74. The van der Waals surface area contributed by atoms with Gasteiger partial charge in [0, 0.05) is 12.0 Å². The van der Waals surface area contributed by atoms with Gasteiger partial charge in [0.2, 0.25) is 0 Å². The Morgan fingerprint density at radius 1 is 1.33 bits per heavy atom. The highest BCUT2D eigenvalue weighted by Crippen LogP contribution is 2.29. The molecule has 5 heteroatoms. The molecule has 21 heavy (non-hydrogen) atoms. The van der Waals surface area contributed by atoms with Gasteiger partial charge in [0.15, 0.2) is 12.2 Å². The number of aromatic nitrogens is 1. The summed E-state index contributed by atoms with van der Waals surface area (Å²) in [6.45, 7) is 7.95. The van der Waals surface area contributed by atoms with E-state index < -0.39 is 0 Å². The lowest BCUT2D eigenvalue weighted by atomic mass is 9.82. The van der Waals surface area contributed by atoms with E-state index in [1.807, 2.05) is 34.7 Å². The maximum Gasteiger partial charge on any atom is 0.181 e. The summed E-state index contributed by atoms with van der Waals surface area (Å²) < 4.78 is 5.56. The molecule has 1 aliphatic carbocycles. The molecule has 1 aliphatic rings. The van der Waals surface area contributed by atoms with Gasteiger partial charge in [-0.15, -0.1) is 0 Å². The van der Waals surface area contributed by atoms with E-state index in [-0.39, 0.29) is 5.60 Å². The van der Waals surface area contributed by atoms with Crippen molar-refractivity contribution in [3.8, 4) is 0 Å². The van der Waals surface area contributed by atoms with Crippen LogP contribution in [0.15, 0.2) is 16.0 Å². The Morgan fingerprint density at radius 3 is 2.48 bits per heavy atom. The highest BCUT2D eigenvalue weighted by atomic mass is 16.6. The van der Waals surface area contributed by atoms with Crippen LogP contribution in [0.1, 0.15) is 57.9 Å². The first-order chi connectivity index (χ1) is 9.90. The molecule has 1 aromatic heterocycles. The summed E-state index contributed by atoms with van der Waals surface area (Å²) in [6.07, 6.45) is 5.98. The highest BCUT2D eigenvalue weighted by Gasteiger charge is 2.29. The molecule has 0 saturated heterocycles. The molecule has 1 fully saturated rings. The third kappa shape index (κ3) is 4.30. The summed E-state index contributed by atoms with van der Waals surface area (Å²) >= 11 is 0. The van der Waals surface area contributed by atoms with Crippen molar-refractivity contribution in [2.45, 2.75) is 65.0 Å². The average Bonchev–Trinajstić information content (AvgIpc) is 2.85. The van der Waals surface area contributed by atoms with Gasteiger partial charge < -0.3 is 14.6 Å². The van der Waals surface area contributed by atoms with Gasteiger partial charge in [0.1, 0.15) is 11.3 Å². The Bertz CT molecular complexity index is 480. The van der Waals surface area contributed by atoms with Crippen LogP contribution in [0.4, 0.5) is 0 Å². The minimum absolute atomic E-state index is 0.304. The van der Waals surface area contributed by atoms with Crippen LogP contribution in [0.5, 0.6) is 0 Å². The molecule has 0 amide bonds. The number of hydrogen-bond acceptors (Lipinski definition) is 5. The molecule has 1 N–H and O–H groups in total. The van der Waals surface area contributed by atoms with E-state index >= 15 is 0 Å². The second-order valence-corrected chi connectivity index (χ2v) is 6.78. The molecule has 1 saturated carbocycles. The SMILES string of the molecule is CNC1CCC(C(=NOC(C)(C)C)c2ocnc2C)CC1. The van der Waals surface area contributed by atoms with Crippen LogP contribution in [0.2, 0.25) is 0 Å². The first kappa shape index (κ1) is 16.0. The zero-order valence-corrected chi connectivity index (χ0v) is 13.8. The van der Waals surface area contributed by atoms with Crippen molar-refractivity contribution < 1.29 is 9.25 Å². The third-order valence-electron chi connectivity index (χ3n) is 3.92. The number of rotatable bonds is 4. The predicted octanol–water partition coefficient (Wildman–Crippen LogP) is 3.28. The Labute approximate surface area is 127 Å². The number of oxazole rings is 1. The van der Waals surface area contributed by atoms with Crippen LogP contribution in [0.3, 0.4) is 0 Å². The van der Waals surface area contributed by atoms with E-state index in [4.69, 9.17) is 9.25 Å². The Kier molecular flexibility index (Phi) is 5.04. The number of nitrogens with one attached hydrogen (secondary N) is 1. The van der Waals surface area contributed by atoms with Gasteiger partial charge in [0.05, 0.1) is 5.69 Å². The summed E-state index contributed by atoms with van der Waals surface area (Å²) in [5.41, 5.74) is 1.48.